The maximum atomic E-state index is 9.64. The normalized spacial score (nSPS) is 39.9. The average Bonchev–Trinajstić information content (AvgIpc) is 2.29. The molecule has 96 valence electrons. The first-order valence-corrected chi connectivity index (χ1v) is 5.03. The van der Waals surface area contributed by atoms with Gasteiger partial charge in [0.05, 0.1) is 19.8 Å². The summed E-state index contributed by atoms with van der Waals surface area (Å²) in [5.41, 5.74) is 0. The third-order valence-electron chi connectivity index (χ3n) is 2.44. The lowest BCUT2D eigenvalue weighted by atomic mass is 9.99. The molecule has 0 radical (unpaired) electrons. The zero-order valence-electron chi connectivity index (χ0n) is 9.02. The standard InChI is InChI=1S/C9H18O7/c1-14-2-3-15-8-5(4-10)16-9(13)7(12)6(8)11/h5-13H,2-4H2,1H3/t5-,6-,7+,8-,9-/m1/s1. The van der Waals surface area contributed by atoms with E-state index in [-0.39, 0.29) is 6.61 Å². The summed E-state index contributed by atoms with van der Waals surface area (Å²) in [7, 11) is 1.50. The Morgan fingerprint density at radius 1 is 1.12 bits per heavy atom. The van der Waals surface area contributed by atoms with Gasteiger partial charge in [0.1, 0.15) is 24.4 Å². The Hall–Kier alpha value is -0.280. The second-order valence-electron chi connectivity index (χ2n) is 3.56. The molecule has 1 aliphatic rings. The van der Waals surface area contributed by atoms with E-state index in [0.29, 0.717) is 6.61 Å². The maximum Gasteiger partial charge on any atom is 0.184 e. The van der Waals surface area contributed by atoms with Gasteiger partial charge in [-0.15, -0.1) is 0 Å². The number of methoxy groups -OCH3 is 1. The molecule has 0 aromatic heterocycles. The van der Waals surface area contributed by atoms with Crippen LogP contribution in [0.1, 0.15) is 0 Å². The minimum Gasteiger partial charge on any atom is -0.394 e. The van der Waals surface area contributed by atoms with Crippen molar-refractivity contribution in [3.05, 3.63) is 0 Å². The topological polar surface area (TPSA) is 109 Å². The van der Waals surface area contributed by atoms with E-state index in [1.807, 2.05) is 0 Å². The molecule has 5 atom stereocenters. The Kier molecular flexibility index (Phi) is 5.56. The van der Waals surface area contributed by atoms with E-state index >= 15 is 0 Å². The van der Waals surface area contributed by atoms with Gasteiger partial charge in [-0.2, -0.15) is 0 Å². The van der Waals surface area contributed by atoms with Crippen molar-refractivity contribution in [3.63, 3.8) is 0 Å². The molecule has 0 aromatic rings. The van der Waals surface area contributed by atoms with Crippen molar-refractivity contribution in [2.75, 3.05) is 26.9 Å². The Labute approximate surface area is 93.2 Å². The highest BCUT2D eigenvalue weighted by molar-refractivity contribution is 4.89. The van der Waals surface area contributed by atoms with E-state index in [9.17, 15) is 15.3 Å². The highest BCUT2D eigenvalue weighted by atomic mass is 16.7. The molecular formula is C9H18O7. The quantitative estimate of drug-likeness (QED) is 0.390. The fraction of sp³-hybridized carbons (Fsp3) is 1.00. The minimum atomic E-state index is -1.52. The Morgan fingerprint density at radius 3 is 2.38 bits per heavy atom. The monoisotopic (exact) mass is 238 g/mol. The predicted octanol–water partition coefficient (Wildman–Crippen LogP) is -2.55. The zero-order valence-corrected chi connectivity index (χ0v) is 9.02. The second kappa shape index (κ2) is 6.45. The molecule has 1 heterocycles. The van der Waals surface area contributed by atoms with Crippen LogP contribution in [-0.2, 0) is 14.2 Å². The summed E-state index contributed by atoms with van der Waals surface area (Å²) in [5, 5.41) is 37.2. The van der Waals surface area contributed by atoms with Crippen molar-refractivity contribution >= 4 is 0 Å². The molecule has 7 nitrogen and oxygen atoms in total. The number of aliphatic hydroxyl groups excluding tert-OH is 4. The van der Waals surface area contributed by atoms with Crippen LogP contribution in [0.2, 0.25) is 0 Å². The third kappa shape index (κ3) is 3.11. The summed E-state index contributed by atoms with van der Waals surface area (Å²) >= 11 is 0. The van der Waals surface area contributed by atoms with Crippen LogP contribution in [0.4, 0.5) is 0 Å². The average molecular weight is 238 g/mol. The van der Waals surface area contributed by atoms with E-state index in [1.165, 1.54) is 7.11 Å². The summed E-state index contributed by atoms with van der Waals surface area (Å²) in [6.07, 6.45) is -6.04. The molecular weight excluding hydrogens is 220 g/mol. The molecule has 0 spiro atoms. The largest absolute Gasteiger partial charge is 0.394 e. The van der Waals surface area contributed by atoms with Crippen molar-refractivity contribution in [2.24, 2.45) is 0 Å². The Balaban J connectivity index is 2.55. The highest BCUT2D eigenvalue weighted by Crippen LogP contribution is 2.22. The van der Waals surface area contributed by atoms with E-state index in [4.69, 9.17) is 19.3 Å². The van der Waals surface area contributed by atoms with Crippen LogP contribution in [0.25, 0.3) is 0 Å². The van der Waals surface area contributed by atoms with E-state index in [1.54, 1.807) is 0 Å². The zero-order chi connectivity index (χ0) is 12.1. The van der Waals surface area contributed by atoms with Gasteiger partial charge in [-0.25, -0.2) is 0 Å². The number of aliphatic hydroxyl groups is 4. The molecule has 4 N–H and O–H groups in total. The molecule has 1 fully saturated rings. The molecule has 1 rings (SSSR count). The second-order valence-corrected chi connectivity index (χ2v) is 3.56. The molecule has 1 aliphatic heterocycles. The summed E-state index contributed by atoms with van der Waals surface area (Å²) in [6, 6.07) is 0. The predicted molar refractivity (Wildman–Crippen MR) is 51.6 cm³/mol. The smallest absolute Gasteiger partial charge is 0.184 e. The van der Waals surface area contributed by atoms with Crippen molar-refractivity contribution in [2.45, 2.75) is 30.7 Å². The van der Waals surface area contributed by atoms with Gasteiger partial charge < -0.3 is 34.6 Å². The first-order valence-electron chi connectivity index (χ1n) is 5.03. The summed E-state index contributed by atoms with van der Waals surface area (Å²) in [5.74, 6) is 0. The van der Waals surface area contributed by atoms with Gasteiger partial charge in [0.15, 0.2) is 6.29 Å². The van der Waals surface area contributed by atoms with Crippen LogP contribution in [0.5, 0.6) is 0 Å². The first-order chi connectivity index (χ1) is 7.61. The third-order valence-corrected chi connectivity index (χ3v) is 2.44. The SMILES string of the molecule is COCCO[C@H]1[C@H](O)[C@H](O)[C@H](O)O[C@@H]1CO. The molecule has 0 amide bonds. The van der Waals surface area contributed by atoms with E-state index < -0.39 is 37.3 Å². The Bertz CT molecular complexity index is 198. The lowest BCUT2D eigenvalue weighted by molar-refractivity contribution is -0.294. The molecule has 0 unspecified atom stereocenters. The lowest BCUT2D eigenvalue weighted by Crippen LogP contribution is -2.59. The van der Waals surface area contributed by atoms with Crippen LogP contribution in [0.3, 0.4) is 0 Å². The van der Waals surface area contributed by atoms with Gasteiger partial charge in [-0.1, -0.05) is 0 Å². The van der Waals surface area contributed by atoms with E-state index in [2.05, 4.69) is 0 Å². The number of hydrogen-bond donors (Lipinski definition) is 4. The van der Waals surface area contributed by atoms with Crippen molar-refractivity contribution < 1.29 is 34.6 Å². The summed E-state index contributed by atoms with van der Waals surface area (Å²) in [4.78, 5) is 0. The minimum absolute atomic E-state index is 0.195. The van der Waals surface area contributed by atoms with Crippen LogP contribution >= 0.6 is 0 Å². The molecule has 1 saturated heterocycles. The van der Waals surface area contributed by atoms with E-state index in [0.717, 1.165) is 0 Å². The molecule has 0 aromatic carbocycles. The molecule has 16 heavy (non-hydrogen) atoms. The van der Waals surface area contributed by atoms with Crippen LogP contribution in [0.15, 0.2) is 0 Å². The van der Waals surface area contributed by atoms with Gasteiger partial charge in [0, 0.05) is 7.11 Å². The summed E-state index contributed by atoms with van der Waals surface area (Å²) in [6.45, 7) is 0.0966. The van der Waals surface area contributed by atoms with Crippen molar-refractivity contribution in [1.29, 1.82) is 0 Å². The molecule has 7 heteroatoms. The first kappa shape index (κ1) is 13.8. The highest BCUT2D eigenvalue weighted by Gasteiger charge is 2.44. The van der Waals surface area contributed by atoms with Gasteiger partial charge in [0.25, 0.3) is 0 Å². The van der Waals surface area contributed by atoms with Crippen LogP contribution < -0.4 is 0 Å². The van der Waals surface area contributed by atoms with Crippen molar-refractivity contribution in [1.82, 2.24) is 0 Å². The maximum absolute atomic E-state index is 9.64. The number of ether oxygens (including phenoxy) is 3. The van der Waals surface area contributed by atoms with Crippen molar-refractivity contribution in [3.8, 4) is 0 Å². The van der Waals surface area contributed by atoms with Gasteiger partial charge in [0.2, 0.25) is 0 Å². The number of hydrogen-bond acceptors (Lipinski definition) is 7. The van der Waals surface area contributed by atoms with Gasteiger partial charge >= 0.3 is 0 Å². The van der Waals surface area contributed by atoms with Crippen LogP contribution in [0, 0.1) is 0 Å². The lowest BCUT2D eigenvalue weighted by Gasteiger charge is -2.39. The van der Waals surface area contributed by atoms with Gasteiger partial charge in [-0.05, 0) is 0 Å². The number of rotatable bonds is 5. The molecule has 0 bridgehead atoms. The molecule has 0 saturated carbocycles. The van der Waals surface area contributed by atoms with Gasteiger partial charge in [-0.3, -0.25) is 0 Å². The summed E-state index contributed by atoms with van der Waals surface area (Å²) < 4.78 is 14.9. The van der Waals surface area contributed by atoms with Crippen LogP contribution in [-0.4, -0.2) is 78.1 Å². The Morgan fingerprint density at radius 2 is 1.81 bits per heavy atom. The molecule has 0 aliphatic carbocycles. The fourth-order valence-corrected chi connectivity index (χ4v) is 1.54. The fourth-order valence-electron chi connectivity index (χ4n) is 1.54.